The van der Waals surface area contributed by atoms with Crippen molar-refractivity contribution >= 4 is 17.8 Å². The number of carbonyl (C=O) groups excluding carboxylic acids is 3. The van der Waals surface area contributed by atoms with Crippen molar-refractivity contribution in [1.82, 2.24) is 20.4 Å². The topological polar surface area (TPSA) is 81.8 Å². The predicted molar refractivity (Wildman–Crippen MR) is 99.9 cm³/mol. The Bertz CT molecular complexity index is 722. The molecule has 0 aromatic heterocycles. The van der Waals surface area contributed by atoms with Gasteiger partial charge in [-0.3, -0.25) is 14.5 Å². The van der Waals surface area contributed by atoms with Gasteiger partial charge in [0, 0.05) is 24.7 Å². The van der Waals surface area contributed by atoms with Crippen LogP contribution in [0.1, 0.15) is 48.9 Å². The first-order valence-electron chi connectivity index (χ1n) is 9.80. The summed E-state index contributed by atoms with van der Waals surface area (Å²) >= 11 is 0. The van der Waals surface area contributed by atoms with Crippen LogP contribution in [0.5, 0.6) is 0 Å². The molecule has 27 heavy (non-hydrogen) atoms. The van der Waals surface area contributed by atoms with E-state index in [1.165, 1.54) is 4.90 Å². The average molecular weight is 370 g/mol. The molecule has 1 spiro atoms. The molecule has 2 heterocycles. The second kappa shape index (κ2) is 7.31. The van der Waals surface area contributed by atoms with Crippen LogP contribution in [-0.2, 0) is 4.79 Å². The predicted octanol–water partition coefficient (Wildman–Crippen LogP) is 1.70. The summed E-state index contributed by atoms with van der Waals surface area (Å²) in [6, 6.07) is 9.07. The summed E-state index contributed by atoms with van der Waals surface area (Å²) in [6.07, 6.45) is 5.11. The fourth-order valence-electron chi connectivity index (χ4n) is 4.40. The zero-order valence-electron chi connectivity index (χ0n) is 15.4. The zero-order valence-corrected chi connectivity index (χ0v) is 15.4. The maximum Gasteiger partial charge on any atom is 0.326 e. The lowest BCUT2D eigenvalue weighted by Crippen LogP contribution is -2.50. The first kappa shape index (κ1) is 18.0. The van der Waals surface area contributed by atoms with E-state index in [9.17, 15) is 14.4 Å². The summed E-state index contributed by atoms with van der Waals surface area (Å²) in [7, 11) is 0. The molecule has 2 N–H and O–H groups in total. The Labute approximate surface area is 159 Å². The highest BCUT2D eigenvalue weighted by atomic mass is 16.2. The van der Waals surface area contributed by atoms with Crippen LogP contribution in [0, 0.1) is 0 Å². The first-order chi connectivity index (χ1) is 13.1. The quantitative estimate of drug-likeness (QED) is 0.791. The van der Waals surface area contributed by atoms with E-state index >= 15 is 0 Å². The maximum atomic E-state index is 12.7. The van der Waals surface area contributed by atoms with Crippen LogP contribution in [0.15, 0.2) is 30.3 Å². The number of nitrogens with zero attached hydrogens (tertiary/aromatic N) is 2. The monoisotopic (exact) mass is 370 g/mol. The van der Waals surface area contributed by atoms with E-state index in [2.05, 4.69) is 15.5 Å². The minimum Gasteiger partial charge on any atom is -0.349 e. The Morgan fingerprint density at radius 2 is 1.78 bits per heavy atom. The summed E-state index contributed by atoms with van der Waals surface area (Å²) in [5.41, 5.74) is 0.0279. The van der Waals surface area contributed by atoms with Gasteiger partial charge in [0.15, 0.2) is 0 Å². The summed E-state index contributed by atoms with van der Waals surface area (Å²) in [5, 5.41) is 6.01. The van der Waals surface area contributed by atoms with E-state index in [1.54, 1.807) is 12.1 Å². The molecule has 3 fully saturated rings. The third-order valence-corrected chi connectivity index (χ3v) is 6.00. The minimum absolute atomic E-state index is 0.0497. The summed E-state index contributed by atoms with van der Waals surface area (Å²) in [5.74, 6) is -0.115. The molecular weight excluding hydrogens is 344 g/mol. The SMILES string of the molecule is O=C(NC1CCN(CN2C(=O)NC3(CCCC3)C2=O)CC1)c1ccccc1. The van der Waals surface area contributed by atoms with Gasteiger partial charge in [0.05, 0.1) is 6.67 Å². The molecule has 1 aromatic rings. The molecule has 0 radical (unpaired) electrons. The van der Waals surface area contributed by atoms with Gasteiger partial charge in [-0.1, -0.05) is 31.0 Å². The van der Waals surface area contributed by atoms with E-state index in [4.69, 9.17) is 0 Å². The van der Waals surface area contributed by atoms with Gasteiger partial charge in [0.25, 0.3) is 11.8 Å². The highest BCUT2D eigenvalue weighted by molar-refractivity contribution is 6.07. The van der Waals surface area contributed by atoms with Gasteiger partial charge in [0.2, 0.25) is 0 Å². The number of amides is 4. The van der Waals surface area contributed by atoms with Gasteiger partial charge in [-0.25, -0.2) is 9.69 Å². The number of likely N-dealkylation sites (tertiary alicyclic amines) is 1. The summed E-state index contributed by atoms with van der Waals surface area (Å²) < 4.78 is 0. The van der Waals surface area contributed by atoms with E-state index in [1.807, 2.05) is 18.2 Å². The van der Waals surface area contributed by atoms with Crippen LogP contribution in [-0.4, -0.2) is 59.0 Å². The number of nitrogens with one attached hydrogen (secondary N) is 2. The van der Waals surface area contributed by atoms with Crippen molar-refractivity contribution in [3.8, 4) is 0 Å². The van der Waals surface area contributed by atoms with Gasteiger partial charge in [-0.2, -0.15) is 0 Å². The van der Waals surface area contributed by atoms with Gasteiger partial charge >= 0.3 is 6.03 Å². The Morgan fingerprint density at radius 3 is 2.44 bits per heavy atom. The number of rotatable bonds is 4. The Morgan fingerprint density at radius 1 is 1.11 bits per heavy atom. The maximum absolute atomic E-state index is 12.7. The fourth-order valence-corrected chi connectivity index (χ4v) is 4.40. The normalized spacial score (nSPS) is 23.0. The van der Waals surface area contributed by atoms with Crippen molar-refractivity contribution in [2.75, 3.05) is 19.8 Å². The van der Waals surface area contributed by atoms with Crippen molar-refractivity contribution < 1.29 is 14.4 Å². The number of imide groups is 1. The Hall–Kier alpha value is -2.41. The number of piperidine rings is 1. The highest BCUT2D eigenvalue weighted by Crippen LogP contribution is 2.35. The molecule has 3 aliphatic rings. The third-order valence-electron chi connectivity index (χ3n) is 6.00. The van der Waals surface area contributed by atoms with E-state index in [-0.39, 0.29) is 23.9 Å². The highest BCUT2D eigenvalue weighted by Gasteiger charge is 2.52. The second-order valence-electron chi connectivity index (χ2n) is 7.83. The molecule has 7 heteroatoms. The average Bonchev–Trinajstić information content (AvgIpc) is 3.25. The largest absolute Gasteiger partial charge is 0.349 e. The smallest absolute Gasteiger partial charge is 0.326 e. The molecule has 4 rings (SSSR count). The molecular formula is C20H26N4O3. The number of hydrogen-bond donors (Lipinski definition) is 2. The summed E-state index contributed by atoms with van der Waals surface area (Å²) in [6.45, 7) is 1.85. The van der Waals surface area contributed by atoms with Gasteiger partial charge < -0.3 is 10.6 Å². The van der Waals surface area contributed by atoms with E-state index in [0.717, 1.165) is 51.6 Å². The first-order valence-corrected chi connectivity index (χ1v) is 9.80. The van der Waals surface area contributed by atoms with Gasteiger partial charge in [-0.15, -0.1) is 0 Å². The zero-order chi connectivity index (χ0) is 18.9. The van der Waals surface area contributed by atoms with Crippen molar-refractivity contribution in [2.24, 2.45) is 0 Å². The molecule has 0 unspecified atom stereocenters. The molecule has 7 nitrogen and oxygen atoms in total. The molecule has 0 atom stereocenters. The minimum atomic E-state index is -0.640. The molecule has 2 saturated heterocycles. The van der Waals surface area contributed by atoms with E-state index in [0.29, 0.717) is 12.2 Å². The molecule has 0 bridgehead atoms. The van der Waals surface area contributed by atoms with Gasteiger partial charge in [0.1, 0.15) is 5.54 Å². The molecule has 144 valence electrons. The van der Waals surface area contributed by atoms with Crippen LogP contribution in [0.2, 0.25) is 0 Å². The lowest BCUT2D eigenvalue weighted by molar-refractivity contribution is -0.132. The standard InChI is InChI=1S/C20H26N4O3/c25-17(15-6-2-1-3-7-15)21-16-8-12-23(13-9-16)14-24-18(26)20(22-19(24)27)10-4-5-11-20/h1-3,6-7,16H,4-5,8-14H2,(H,21,25)(H,22,27). The number of benzene rings is 1. The number of urea groups is 1. The fraction of sp³-hybridized carbons (Fsp3) is 0.550. The van der Waals surface area contributed by atoms with Gasteiger partial charge in [-0.05, 0) is 37.8 Å². The number of hydrogen-bond acceptors (Lipinski definition) is 4. The van der Waals surface area contributed by atoms with Crippen LogP contribution in [0.25, 0.3) is 0 Å². The lowest BCUT2D eigenvalue weighted by atomic mass is 9.98. The second-order valence-corrected chi connectivity index (χ2v) is 7.83. The number of carbonyl (C=O) groups is 3. The van der Waals surface area contributed by atoms with Crippen LogP contribution >= 0.6 is 0 Å². The van der Waals surface area contributed by atoms with Crippen LogP contribution < -0.4 is 10.6 Å². The molecule has 4 amide bonds. The van der Waals surface area contributed by atoms with Crippen LogP contribution in [0.3, 0.4) is 0 Å². The van der Waals surface area contributed by atoms with Crippen molar-refractivity contribution in [2.45, 2.75) is 50.1 Å². The Kier molecular flexibility index (Phi) is 4.86. The molecule has 2 aliphatic heterocycles. The van der Waals surface area contributed by atoms with Crippen molar-refractivity contribution in [3.63, 3.8) is 0 Å². The van der Waals surface area contributed by atoms with Crippen molar-refractivity contribution in [3.05, 3.63) is 35.9 Å². The lowest BCUT2D eigenvalue weighted by Gasteiger charge is -2.34. The third kappa shape index (κ3) is 3.56. The van der Waals surface area contributed by atoms with Crippen LogP contribution in [0.4, 0.5) is 4.79 Å². The summed E-state index contributed by atoms with van der Waals surface area (Å²) in [4.78, 5) is 40.8. The molecule has 1 aromatic carbocycles. The molecule has 1 saturated carbocycles. The molecule has 1 aliphatic carbocycles. The van der Waals surface area contributed by atoms with E-state index < -0.39 is 5.54 Å². The Balaban J connectivity index is 1.28. The van der Waals surface area contributed by atoms with Crippen molar-refractivity contribution in [1.29, 1.82) is 0 Å².